The standard InChI is InChI=1S/C21H22N4O/c1-21(2)10-16-19(17(26)11-21)14(8-13-6-4-3-5-7-13)20(25-16)15-9-18(22)24-12-23-15/h3-7,9,12,25H,8,10-11H2,1-2H3,(H2,22,23,24). The maximum atomic E-state index is 12.9. The van der Waals surface area contributed by atoms with Crippen molar-refractivity contribution < 1.29 is 4.79 Å². The highest BCUT2D eigenvalue weighted by Crippen LogP contribution is 2.40. The molecule has 0 aliphatic heterocycles. The largest absolute Gasteiger partial charge is 0.384 e. The summed E-state index contributed by atoms with van der Waals surface area (Å²) in [7, 11) is 0. The molecule has 1 aromatic carbocycles. The normalized spacial score (nSPS) is 15.7. The first-order chi connectivity index (χ1) is 12.4. The number of anilines is 1. The molecule has 5 heteroatoms. The molecule has 2 aromatic heterocycles. The lowest BCUT2D eigenvalue weighted by Crippen LogP contribution is -2.27. The zero-order valence-electron chi connectivity index (χ0n) is 15.0. The van der Waals surface area contributed by atoms with Gasteiger partial charge in [0.25, 0.3) is 0 Å². The van der Waals surface area contributed by atoms with Gasteiger partial charge in [0.1, 0.15) is 12.1 Å². The summed E-state index contributed by atoms with van der Waals surface area (Å²) in [6.45, 7) is 4.27. The predicted octanol–water partition coefficient (Wildman–Crippen LogP) is 3.80. The van der Waals surface area contributed by atoms with Crippen LogP contribution in [0, 0.1) is 5.41 Å². The van der Waals surface area contributed by atoms with E-state index in [9.17, 15) is 4.79 Å². The first-order valence-electron chi connectivity index (χ1n) is 8.82. The van der Waals surface area contributed by atoms with Crippen LogP contribution >= 0.6 is 0 Å². The van der Waals surface area contributed by atoms with Gasteiger partial charge in [0.2, 0.25) is 0 Å². The van der Waals surface area contributed by atoms with Crippen LogP contribution < -0.4 is 5.73 Å². The van der Waals surface area contributed by atoms with E-state index >= 15 is 0 Å². The number of aromatic amines is 1. The summed E-state index contributed by atoms with van der Waals surface area (Å²) in [6, 6.07) is 11.9. The highest BCUT2D eigenvalue weighted by molar-refractivity contribution is 6.02. The van der Waals surface area contributed by atoms with Gasteiger partial charge in [-0.05, 0) is 23.0 Å². The number of carbonyl (C=O) groups excluding carboxylic acids is 1. The Labute approximate surface area is 152 Å². The lowest BCUT2D eigenvalue weighted by molar-refractivity contribution is 0.0911. The molecule has 0 atom stereocenters. The van der Waals surface area contributed by atoms with E-state index in [1.165, 1.54) is 6.33 Å². The fourth-order valence-electron chi connectivity index (χ4n) is 3.83. The summed E-state index contributed by atoms with van der Waals surface area (Å²) in [5, 5.41) is 0. The number of carbonyl (C=O) groups is 1. The maximum absolute atomic E-state index is 12.9. The number of H-pyrrole nitrogens is 1. The molecular weight excluding hydrogens is 324 g/mol. The fourth-order valence-corrected chi connectivity index (χ4v) is 3.83. The smallest absolute Gasteiger partial charge is 0.165 e. The third kappa shape index (κ3) is 3.01. The van der Waals surface area contributed by atoms with Crippen LogP contribution in [0.25, 0.3) is 11.4 Å². The summed E-state index contributed by atoms with van der Waals surface area (Å²) in [5.74, 6) is 0.617. The number of hydrogen-bond acceptors (Lipinski definition) is 4. The SMILES string of the molecule is CC1(C)CC(=O)c2c([nH]c(-c3cc(N)ncn3)c2Cc2ccccc2)C1. The van der Waals surface area contributed by atoms with Gasteiger partial charge in [-0.15, -0.1) is 0 Å². The van der Waals surface area contributed by atoms with Crippen molar-refractivity contribution in [3.8, 4) is 11.4 Å². The number of nitrogens with one attached hydrogen (secondary N) is 1. The molecule has 0 amide bonds. The molecule has 2 heterocycles. The van der Waals surface area contributed by atoms with E-state index in [4.69, 9.17) is 5.73 Å². The average Bonchev–Trinajstić information content (AvgIpc) is 2.93. The van der Waals surface area contributed by atoms with Gasteiger partial charge in [-0.25, -0.2) is 9.97 Å². The van der Waals surface area contributed by atoms with Gasteiger partial charge in [0.05, 0.1) is 11.4 Å². The van der Waals surface area contributed by atoms with E-state index in [0.29, 0.717) is 18.7 Å². The van der Waals surface area contributed by atoms with Crippen molar-refractivity contribution in [2.45, 2.75) is 33.1 Å². The van der Waals surface area contributed by atoms with E-state index in [-0.39, 0.29) is 11.2 Å². The Bertz CT molecular complexity index is 973. The summed E-state index contributed by atoms with van der Waals surface area (Å²) >= 11 is 0. The Balaban J connectivity index is 1.89. The van der Waals surface area contributed by atoms with E-state index in [1.54, 1.807) is 6.07 Å². The maximum Gasteiger partial charge on any atom is 0.165 e. The summed E-state index contributed by atoms with van der Waals surface area (Å²) in [4.78, 5) is 24.8. The molecule has 4 rings (SSSR count). The van der Waals surface area contributed by atoms with Gasteiger partial charge in [-0.3, -0.25) is 4.79 Å². The predicted molar refractivity (Wildman–Crippen MR) is 102 cm³/mol. The number of nitrogens with two attached hydrogens (primary N) is 1. The molecule has 0 spiro atoms. The Morgan fingerprint density at radius 1 is 1.15 bits per heavy atom. The molecule has 0 radical (unpaired) electrons. The minimum Gasteiger partial charge on any atom is -0.384 e. The first kappa shape index (κ1) is 16.5. The van der Waals surface area contributed by atoms with E-state index in [0.717, 1.165) is 40.2 Å². The third-order valence-corrected chi connectivity index (χ3v) is 4.92. The van der Waals surface area contributed by atoms with Crippen molar-refractivity contribution in [2.75, 3.05) is 5.73 Å². The Hall–Kier alpha value is -2.95. The lowest BCUT2D eigenvalue weighted by Gasteiger charge is -2.28. The number of nitrogen functional groups attached to an aromatic ring is 1. The van der Waals surface area contributed by atoms with Crippen molar-refractivity contribution in [3.05, 3.63) is 65.1 Å². The molecule has 132 valence electrons. The monoisotopic (exact) mass is 346 g/mol. The van der Waals surface area contributed by atoms with Gasteiger partial charge in [-0.2, -0.15) is 0 Å². The quantitative estimate of drug-likeness (QED) is 0.755. The number of Topliss-reactive ketones (excluding diaryl/α,β-unsaturated/α-hetero) is 1. The van der Waals surface area contributed by atoms with Crippen molar-refractivity contribution in [1.29, 1.82) is 0 Å². The zero-order valence-corrected chi connectivity index (χ0v) is 15.0. The van der Waals surface area contributed by atoms with Crippen molar-refractivity contribution in [1.82, 2.24) is 15.0 Å². The van der Waals surface area contributed by atoms with Crippen LogP contribution in [0.15, 0.2) is 42.7 Å². The van der Waals surface area contributed by atoms with E-state index in [2.05, 4.69) is 40.9 Å². The summed E-state index contributed by atoms with van der Waals surface area (Å²) in [6.07, 6.45) is 3.54. The molecule has 0 saturated heterocycles. The van der Waals surface area contributed by atoms with Gasteiger partial charge >= 0.3 is 0 Å². The molecule has 1 aliphatic carbocycles. The number of nitrogens with zero attached hydrogens (tertiary/aromatic N) is 2. The molecule has 0 saturated carbocycles. The Morgan fingerprint density at radius 2 is 1.92 bits per heavy atom. The van der Waals surface area contributed by atoms with Crippen LogP contribution in [-0.2, 0) is 12.8 Å². The van der Waals surface area contributed by atoms with Gasteiger partial charge in [-0.1, -0.05) is 44.2 Å². The Kier molecular flexibility index (Phi) is 3.87. The molecule has 5 nitrogen and oxygen atoms in total. The lowest BCUT2D eigenvalue weighted by atomic mass is 9.75. The van der Waals surface area contributed by atoms with E-state index < -0.39 is 0 Å². The fraction of sp³-hybridized carbons (Fsp3) is 0.286. The van der Waals surface area contributed by atoms with E-state index in [1.807, 2.05) is 18.2 Å². The van der Waals surface area contributed by atoms with Crippen LogP contribution in [0.5, 0.6) is 0 Å². The van der Waals surface area contributed by atoms with Crippen LogP contribution in [0.1, 0.15) is 47.4 Å². The van der Waals surface area contributed by atoms with Crippen molar-refractivity contribution in [3.63, 3.8) is 0 Å². The number of ketones is 1. The molecule has 0 bridgehead atoms. The topological polar surface area (TPSA) is 84.7 Å². The highest BCUT2D eigenvalue weighted by atomic mass is 16.1. The summed E-state index contributed by atoms with van der Waals surface area (Å²) < 4.78 is 0. The average molecular weight is 346 g/mol. The third-order valence-electron chi connectivity index (χ3n) is 4.92. The minimum absolute atomic E-state index is 0.0408. The second-order valence-corrected chi connectivity index (χ2v) is 7.76. The molecule has 3 N–H and O–H groups in total. The number of rotatable bonds is 3. The van der Waals surface area contributed by atoms with Gasteiger partial charge in [0.15, 0.2) is 5.78 Å². The zero-order chi connectivity index (χ0) is 18.3. The van der Waals surface area contributed by atoms with Crippen molar-refractivity contribution in [2.24, 2.45) is 5.41 Å². The number of benzene rings is 1. The molecule has 1 aliphatic rings. The number of hydrogen-bond donors (Lipinski definition) is 2. The van der Waals surface area contributed by atoms with Gasteiger partial charge < -0.3 is 10.7 Å². The first-order valence-corrected chi connectivity index (χ1v) is 8.82. The molecular formula is C21H22N4O. The highest BCUT2D eigenvalue weighted by Gasteiger charge is 2.35. The minimum atomic E-state index is -0.0408. The number of aromatic nitrogens is 3. The number of fused-ring (bicyclic) bond motifs is 1. The molecule has 3 aromatic rings. The van der Waals surface area contributed by atoms with Crippen LogP contribution in [0.3, 0.4) is 0 Å². The van der Waals surface area contributed by atoms with Crippen LogP contribution in [0.2, 0.25) is 0 Å². The van der Waals surface area contributed by atoms with Crippen LogP contribution in [-0.4, -0.2) is 20.7 Å². The van der Waals surface area contributed by atoms with Gasteiger partial charge in [0, 0.05) is 30.2 Å². The second-order valence-electron chi connectivity index (χ2n) is 7.76. The van der Waals surface area contributed by atoms with Crippen LogP contribution in [0.4, 0.5) is 5.82 Å². The molecule has 0 fully saturated rings. The molecule has 26 heavy (non-hydrogen) atoms. The summed E-state index contributed by atoms with van der Waals surface area (Å²) in [5.41, 5.74) is 11.4. The second kappa shape index (κ2) is 6.09. The van der Waals surface area contributed by atoms with Crippen molar-refractivity contribution >= 4 is 11.6 Å². The molecule has 0 unspecified atom stereocenters. The Morgan fingerprint density at radius 3 is 2.65 bits per heavy atom.